The van der Waals surface area contributed by atoms with Gasteiger partial charge in [-0.15, -0.1) is 0 Å². The molecule has 3 nitrogen and oxygen atoms in total. The van der Waals surface area contributed by atoms with E-state index in [1.165, 1.54) is 25.3 Å². The predicted molar refractivity (Wildman–Crippen MR) is 95.9 cm³/mol. The molecule has 118 valence electrons. The summed E-state index contributed by atoms with van der Waals surface area (Å²) >= 11 is 11.4. The molecule has 0 saturated heterocycles. The second kappa shape index (κ2) is 8.30. The summed E-state index contributed by atoms with van der Waals surface area (Å²) in [6, 6.07) is 7.83. The zero-order valence-electron chi connectivity index (χ0n) is 12.7. The SMILES string of the molecule is CN(C(=S)NC(=O)C=Cc1ccccc1Cl)C1CCCCC1. The number of benzene rings is 1. The summed E-state index contributed by atoms with van der Waals surface area (Å²) in [5, 5.41) is 3.86. The van der Waals surface area contributed by atoms with Crippen LogP contribution < -0.4 is 5.32 Å². The molecule has 0 heterocycles. The first-order chi connectivity index (χ1) is 10.6. The molecule has 0 bridgehead atoms. The number of carbonyl (C=O) groups is 1. The van der Waals surface area contributed by atoms with Crippen molar-refractivity contribution in [3.8, 4) is 0 Å². The molecule has 5 heteroatoms. The van der Waals surface area contributed by atoms with Gasteiger partial charge in [-0.25, -0.2) is 0 Å². The zero-order valence-corrected chi connectivity index (χ0v) is 14.3. The van der Waals surface area contributed by atoms with Gasteiger partial charge in [-0.05, 0) is 42.8 Å². The van der Waals surface area contributed by atoms with Gasteiger partial charge in [0.25, 0.3) is 0 Å². The van der Waals surface area contributed by atoms with E-state index in [2.05, 4.69) is 5.32 Å². The van der Waals surface area contributed by atoms with Gasteiger partial charge in [0, 0.05) is 24.2 Å². The molecule has 1 aromatic rings. The van der Waals surface area contributed by atoms with Crippen LogP contribution in [0.25, 0.3) is 6.08 Å². The van der Waals surface area contributed by atoms with Crippen LogP contribution in [-0.2, 0) is 4.79 Å². The summed E-state index contributed by atoms with van der Waals surface area (Å²) in [5.41, 5.74) is 0.811. The van der Waals surface area contributed by atoms with Crippen molar-refractivity contribution in [1.29, 1.82) is 0 Å². The van der Waals surface area contributed by atoms with E-state index in [9.17, 15) is 4.79 Å². The van der Waals surface area contributed by atoms with Gasteiger partial charge in [-0.2, -0.15) is 0 Å². The number of hydrogen-bond donors (Lipinski definition) is 1. The van der Waals surface area contributed by atoms with Crippen molar-refractivity contribution in [2.24, 2.45) is 0 Å². The predicted octanol–water partition coefficient (Wildman–Crippen LogP) is 4.02. The molecule has 0 radical (unpaired) electrons. The van der Waals surface area contributed by atoms with Gasteiger partial charge in [0.15, 0.2) is 5.11 Å². The smallest absolute Gasteiger partial charge is 0.250 e. The maximum absolute atomic E-state index is 12.0. The maximum Gasteiger partial charge on any atom is 0.250 e. The summed E-state index contributed by atoms with van der Waals surface area (Å²) < 4.78 is 0. The highest BCUT2D eigenvalue weighted by Gasteiger charge is 2.20. The lowest BCUT2D eigenvalue weighted by molar-refractivity contribution is -0.115. The van der Waals surface area contributed by atoms with Crippen LogP contribution in [0.3, 0.4) is 0 Å². The molecule has 0 unspecified atom stereocenters. The van der Waals surface area contributed by atoms with Gasteiger partial charge in [-0.1, -0.05) is 49.1 Å². The van der Waals surface area contributed by atoms with Crippen molar-refractivity contribution in [3.05, 3.63) is 40.9 Å². The third kappa shape index (κ3) is 4.82. The van der Waals surface area contributed by atoms with E-state index in [4.69, 9.17) is 23.8 Å². The van der Waals surface area contributed by atoms with Crippen LogP contribution in [0.4, 0.5) is 0 Å². The minimum atomic E-state index is -0.229. The van der Waals surface area contributed by atoms with Crippen LogP contribution in [0, 0.1) is 0 Å². The van der Waals surface area contributed by atoms with Crippen LogP contribution in [0.2, 0.25) is 5.02 Å². The fourth-order valence-corrected chi connectivity index (χ4v) is 3.09. The molecule has 1 saturated carbocycles. The van der Waals surface area contributed by atoms with E-state index in [1.54, 1.807) is 12.1 Å². The van der Waals surface area contributed by atoms with Crippen molar-refractivity contribution in [1.82, 2.24) is 10.2 Å². The third-order valence-electron chi connectivity index (χ3n) is 3.99. The number of hydrogen-bond acceptors (Lipinski definition) is 2. The van der Waals surface area contributed by atoms with Crippen LogP contribution in [0.1, 0.15) is 37.7 Å². The molecule has 22 heavy (non-hydrogen) atoms. The summed E-state index contributed by atoms with van der Waals surface area (Å²) in [6.45, 7) is 0. The van der Waals surface area contributed by atoms with Gasteiger partial charge in [0.1, 0.15) is 0 Å². The van der Waals surface area contributed by atoms with Gasteiger partial charge in [-0.3, -0.25) is 10.1 Å². The summed E-state index contributed by atoms with van der Waals surface area (Å²) in [5.74, 6) is -0.229. The van der Waals surface area contributed by atoms with Gasteiger partial charge in [0.05, 0.1) is 0 Å². The highest BCUT2D eigenvalue weighted by molar-refractivity contribution is 7.80. The molecule has 1 aliphatic carbocycles. The molecule has 0 aromatic heterocycles. The lowest BCUT2D eigenvalue weighted by atomic mass is 9.95. The molecule has 1 fully saturated rings. The van der Waals surface area contributed by atoms with Gasteiger partial charge < -0.3 is 4.90 Å². The molecule has 1 aliphatic rings. The average molecular weight is 337 g/mol. The Morgan fingerprint density at radius 2 is 2.00 bits per heavy atom. The Kier molecular flexibility index (Phi) is 6.40. The molecule has 0 aliphatic heterocycles. The Bertz CT molecular complexity index is 568. The second-order valence-electron chi connectivity index (χ2n) is 5.55. The number of rotatable bonds is 3. The lowest BCUT2D eigenvalue weighted by Crippen LogP contribution is -2.45. The largest absolute Gasteiger partial charge is 0.349 e. The van der Waals surface area contributed by atoms with Crippen molar-refractivity contribution in [2.45, 2.75) is 38.1 Å². The standard InChI is InChI=1S/C17H21ClN2OS/c1-20(14-8-3-2-4-9-14)17(22)19-16(21)12-11-13-7-5-6-10-15(13)18/h5-7,10-12,14H,2-4,8-9H2,1H3,(H,19,21,22). The Labute approximate surface area is 142 Å². The summed E-state index contributed by atoms with van der Waals surface area (Å²) in [4.78, 5) is 14.0. The van der Waals surface area contributed by atoms with Gasteiger partial charge in [0.2, 0.25) is 5.91 Å². The Morgan fingerprint density at radius 1 is 1.32 bits per heavy atom. The Morgan fingerprint density at radius 3 is 2.68 bits per heavy atom. The number of thiocarbonyl (C=S) groups is 1. The average Bonchev–Trinajstić information content (AvgIpc) is 2.54. The second-order valence-corrected chi connectivity index (χ2v) is 6.35. The molecule has 1 N–H and O–H groups in total. The van der Waals surface area contributed by atoms with Crippen LogP contribution in [0.15, 0.2) is 30.3 Å². The number of nitrogens with zero attached hydrogens (tertiary/aromatic N) is 1. The van der Waals surface area contributed by atoms with Crippen LogP contribution >= 0.6 is 23.8 Å². The van der Waals surface area contributed by atoms with Gasteiger partial charge >= 0.3 is 0 Å². The molecular formula is C17H21ClN2OS. The lowest BCUT2D eigenvalue weighted by Gasteiger charge is -2.32. The fourth-order valence-electron chi connectivity index (χ4n) is 2.65. The fraction of sp³-hybridized carbons (Fsp3) is 0.412. The highest BCUT2D eigenvalue weighted by Crippen LogP contribution is 2.21. The maximum atomic E-state index is 12.0. The first kappa shape index (κ1) is 17.0. The quantitative estimate of drug-likeness (QED) is 0.668. The van der Waals surface area contributed by atoms with E-state index in [0.717, 1.165) is 18.4 Å². The topological polar surface area (TPSA) is 32.3 Å². The molecule has 1 amide bonds. The minimum absolute atomic E-state index is 0.229. The molecule has 1 aromatic carbocycles. The van der Waals surface area contributed by atoms with E-state index >= 15 is 0 Å². The highest BCUT2D eigenvalue weighted by atomic mass is 35.5. The van der Waals surface area contributed by atoms with E-state index in [0.29, 0.717) is 16.2 Å². The Balaban J connectivity index is 1.88. The number of amides is 1. The van der Waals surface area contributed by atoms with E-state index < -0.39 is 0 Å². The zero-order chi connectivity index (χ0) is 15.9. The van der Waals surface area contributed by atoms with E-state index in [-0.39, 0.29) is 5.91 Å². The molecule has 2 rings (SSSR count). The molecule has 0 spiro atoms. The normalized spacial score (nSPS) is 15.7. The molecule has 0 atom stereocenters. The van der Waals surface area contributed by atoms with Crippen LogP contribution in [0.5, 0.6) is 0 Å². The first-order valence-electron chi connectivity index (χ1n) is 7.58. The summed E-state index contributed by atoms with van der Waals surface area (Å²) in [7, 11) is 1.95. The Hall–Kier alpha value is -1.39. The van der Waals surface area contributed by atoms with Crippen molar-refractivity contribution < 1.29 is 4.79 Å². The third-order valence-corrected chi connectivity index (χ3v) is 4.73. The molecular weight excluding hydrogens is 316 g/mol. The van der Waals surface area contributed by atoms with Crippen LogP contribution in [-0.4, -0.2) is 29.0 Å². The number of halogens is 1. The first-order valence-corrected chi connectivity index (χ1v) is 8.37. The van der Waals surface area contributed by atoms with Crippen molar-refractivity contribution in [3.63, 3.8) is 0 Å². The van der Waals surface area contributed by atoms with E-state index in [1.807, 2.05) is 30.1 Å². The van der Waals surface area contributed by atoms with Crippen molar-refractivity contribution in [2.75, 3.05) is 7.05 Å². The monoisotopic (exact) mass is 336 g/mol. The number of nitrogens with one attached hydrogen (secondary N) is 1. The van der Waals surface area contributed by atoms with Crippen molar-refractivity contribution >= 4 is 40.9 Å². The number of carbonyl (C=O) groups excluding carboxylic acids is 1. The summed E-state index contributed by atoms with van der Waals surface area (Å²) in [6.07, 6.45) is 9.20. The minimum Gasteiger partial charge on any atom is -0.349 e.